The number of hydrogen-bond donors (Lipinski definition) is 1. The number of pyridine rings is 1. The highest BCUT2D eigenvalue weighted by molar-refractivity contribution is 6.31. The number of nitrogens with zero attached hydrogens (tertiary/aromatic N) is 3. The molecule has 0 amide bonds. The smallest absolute Gasteiger partial charge is 0.103 e. The minimum Gasteiger partial charge on any atom is -0.381 e. The third-order valence-electron chi connectivity index (χ3n) is 4.89. The summed E-state index contributed by atoms with van der Waals surface area (Å²) in [6.07, 6.45) is 6.61. The molecule has 1 saturated heterocycles. The monoisotopic (exact) mass is 326 g/mol. The summed E-state index contributed by atoms with van der Waals surface area (Å²) in [5.74, 6) is 0. The molecule has 0 radical (unpaired) electrons. The van der Waals surface area contributed by atoms with Crippen molar-refractivity contribution in [2.45, 2.75) is 37.8 Å². The molecule has 1 aliphatic carbocycles. The Bertz CT molecular complexity index is 770. The average molecular weight is 327 g/mol. The number of benzene rings is 1. The molecule has 1 aromatic carbocycles. The van der Waals surface area contributed by atoms with Crippen LogP contribution in [-0.2, 0) is 0 Å². The van der Waals surface area contributed by atoms with E-state index in [-0.39, 0.29) is 0 Å². The molecule has 2 aliphatic rings. The molecule has 0 unspecified atom stereocenters. The lowest BCUT2D eigenvalue weighted by molar-refractivity contribution is 0.210. The van der Waals surface area contributed by atoms with E-state index in [2.05, 4.69) is 21.3 Å². The highest BCUT2D eigenvalue weighted by atomic mass is 35.5. The average Bonchev–Trinajstić information content (AvgIpc) is 3.41. The first kappa shape index (κ1) is 14.7. The van der Waals surface area contributed by atoms with Crippen LogP contribution in [0.1, 0.15) is 31.2 Å². The van der Waals surface area contributed by atoms with E-state index in [1.165, 1.54) is 12.8 Å². The normalized spacial score (nSPS) is 19.7. The Morgan fingerprint density at radius 1 is 1.22 bits per heavy atom. The van der Waals surface area contributed by atoms with Gasteiger partial charge in [0.15, 0.2) is 0 Å². The summed E-state index contributed by atoms with van der Waals surface area (Å²) in [6, 6.07) is 9.13. The summed E-state index contributed by atoms with van der Waals surface area (Å²) in [5.41, 5.74) is 2.33. The van der Waals surface area contributed by atoms with Gasteiger partial charge >= 0.3 is 0 Å². The van der Waals surface area contributed by atoms with Crippen molar-refractivity contribution in [3.8, 4) is 6.07 Å². The van der Waals surface area contributed by atoms with Gasteiger partial charge in [0.25, 0.3) is 0 Å². The molecule has 1 aliphatic heterocycles. The lowest BCUT2D eigenvalue weighted by Crippen LogP contribution is -2.40. The number of halogens is 1. The fraction of sp³-hybridized carbons (Fsp3) is 0.444. The number of fused-ring (bicyclic) bond motifs is 1. The standard InChI is InChI=1S/C18H19ClN4/c19-13-1-4-17-16(9-13)18(12(10-20)11-21-17)22-14-5-7-23(8-6-14)15-2-3-15/h1,4,9,11,14-15H,2-3,5-8H2,(H,21,22). The Kier molecular flexibility index (Phi) is 3.84. The fourth-order valence-electron chi connectivity index (χ4n) is 3.46. The second kappa shape index (κ2) is 5.99. The molecular weight excluding hydrogens is 308 g/mol. The second-order valence-corrected chi connectivity index (χ2v) is 6.94. The molecule has 2 fully saturated rings. The summed E-state index contributed by atoms with van der Waals surface area (Å²) in [5, 5.41) is 14.6. The molecule has 1 saturated carbocycles. The molecule has 118 valence electrons. The van der Waals surface area contributed by atoms with E-state index >= 15 is 0 Å². The summed E-state index contributed by atoms with van der Waals surface area (Å²) in [7, 11) is 0. The van der Waals surface area contributed by atoms with Crippen LogP contribution in [-0.4, -0.2) is 35.1 Å². The lowest BCUT2D eigenvalue weighted by atomic mass is 10.0. The van der Waals surface area contributed by atoms with Crippen LogP contribution < -0.4 is 5.32 Å². The van der Waals surface area contributed by atoms with Gasteiger partial charge in [-0.3, -0.25) is 4.98 Å². The highest BCUT2D eigenvalue weighted by Crippen LogP contribution is 2.32. The molecule has 2 heterocycles. The number of nitriles is 1. The van der Waals surface area contributed by atoms with Crippen molar-refractivity contribution in [2.75, 3.05) is 18.4 Å². The number of aromatic nitrogens is 1. The highest BCUT2D eigenvalue weighted by Gasteiger charge is 2.32. The molecule has 23 heavy (non-hydrogen) atoms. The number of anilines is 1. The Morgan fingerprint density at radius 2 is 2.00 bits per heavy atom. The Morgan fingerprint density at radius 3 is 2.70 bits per heavy atom. The van der Waals surface area contributed by atoms with Crippen LogP contribution in [0, 0.1) is 11.3 Å². The number of rotatable bonds is 3. The third kappa shape index (κ3) is 2.99. The molecule has 0 atom stereocenters. The van der Waals surface area contributed by atoms with Gasteiger partial charge in [-0.1, -0.05) is 11.6 Å². The van der Waals surface area contributed by atoms with Crippen molar-refractivity contribution >= 4 is 28.2 Å². The molecular formula is C18H19ClN4. The summed E-state index contributed by atoms with van der Waals surface area (Å²) >= 11 is 6.14. The van der Waals surface area contributed by atoms with Crippen molar-refractivity contribution in [2.24, 2.45) is 0 Å². The van der Waals surface area contributed by atoms with Gasteiger partial charge in [0.1, 0.15) is 6.07 Å². The summed E-state index contributed by atoms with van der Waals surface area (Å²) in [6.45, 7) is 2.29. The topological polar surface area (TPSA) is 52.0 Å². The second-order valence-electron chi connectivity index (χ2n) is 6.51. The van der Waals surface area contributed by atoms with Gasteiger partial charge in [-0.2, -0.15) is 5.26 Å². The van der Waals surface area contributed by atoms with Gasteiger partial charge in [0.2, 0.25) is 0 Å². The van der Waals surface area contributed by atoms with E-state index in [4.69, 9.17) is 11.6 Å². The first-order valence-electron chi connectivity index (χ1n) is 8.23. The van der Waals surface area contributed by atoms with Crippen LogP contribution in [0.3, 0.4) is 0 Å². The molecule has 1 N–H and O–H groups in total. The maximum absolute atomic E-state index is 9.43. The first-order valence-corrected chi connectivity index (χ1v) is 8.61. The maximum atomic E-state index is 9.43. The molecule has 2 aromatic rings. The van der Waals surface area contributed by atoms with Crippen LogP contribution in [0.5, 0.6) is 0 Å². The van der Waals surface area contributed by atoms with Crippen LogP contribution >= 0.6 is 11.6 Å². The Hall–Kier alpha value is -1.83. The molecule has 0 bridgehead atoms. The third-order valence-corrected chi connectivity index (χ3v) is 5.13. The van der Waals surface area contributed by atoms with Gasteiger partial charge in [0, 0.05) is 41.8 Å². The molecule has 1 aromatic heterocycles. The van der Waals surface area contributed by atoms with E-state index in [1.807, 2.05) is 18.2 Å². The first-order chi connectivity index (χ1) is 11.2. The number of likely N-dealkylation sites (tertiary alicyclic amines) is 1. The van der Waals surface area contributed by atoms with Crippen LogP contribution in [0.2, 0.25) is 5.02 Å². The van der Waals surface area contributed by atoms with Crippen molar-refractivity contribution in [1.29, 1.82) is 5.26 Å². The van der Waals surface area contributed by atoms with Crippen molar-refractivity contribution in [3.63, 3.8) is 0 Å². The van der Waals surface area contributed by atoms with E-state index < -0.39 is 0 Å². The SMILES string of the molecule is N#Cc1cnc2ccc(Cl)cc2c1NC1CCN(C2CC2)CC1. The minimum absolute atomic E-state index is 0.404. The van der Waals surface area contributed by atoms with Crippen molar-refractivity contribution in [3.05, 3.63) is 35.0 Å². The van der Waals surface area contributed by atoms with E-state index in [1.54, 1.807) is 6.20 Å². The quantitative estimate of drug-likeness (QED) is 0.932. The maximum Gasteiger partial charge on any atom is 0.103 e. The fourth-order valence-corrected chi connectivity index (χ4v) is 3.63. The van der Waals surface area contributed by atoms with Gasteiger partial charge in [-0.05, 0) is 43.9 Å². The molecule has 4 rings (SSSR count). The lowest BCUT2D eigenvalue weighted by Gasteiger charge is -2.33. The number of piperidine rings is 1. The van der Waals surface area contributed by atoms with Crippen LogP contribution in [0.4, 0.5) is 5.69 Å². The molecule has 0 spiro atoms. The van der Waals surface area contributed by atoms with E-state index in [0.29, 0.717) is 16.6 Å². The predicted octanol–water partition coefficient (Wildman–Crippen LogP) is 3.80. The molecule has 4 nitrogen and oxygen atoms in total. The van der Waals surface area contributed by atoms with Gasteiger partial charge in [-0.25, -0.2) is 0 Å². The largest absolute Gasteiger partial charge is 0.381 e. The van der Waals surface area contributed by atoms with Gasteiger partial charge < -0.3 is 10.2 Å². The predicted molar refractivity (Wildman–Crippen MR) is 92.7 cm³/mol. The Balaban J connectivity index is 1.60. The summed E-state index contributed by atoms with van der Waals surface area (Å²) in [4.78, 5) is 6.96. The zero-order valence-electron chi connectivity index (χ0n) is 12.9. The van der Waals surface area contributed by atoms with Crippen molar-refractivity contribution in [1.82, 2.24) is 9.88 Å². The van der Waals surface area contributed by atoms with Crippen LogP contribution in [0.15, 0.2) is 24.4 Å². The minimum atomic E-state index is 0.404. The zero-order valence-corrected chi connectivity index (χ0v) is 13.7. The summed E-state index contributed by atoms with van der Waals surface area (Å²) < 4.78 is 0. The van der Waals surface area contributed by atoms with E-state index in [9.17, 15) is 5.26 Å². The van der Waals surface area contributed by atoms with E-state index in [0.717, 1.165) is 48.6 Å². The zero-order chi connectivity index (χ0) is 15.8. The van der Waals surface area contributed by atoms with Crippen LogP contribution in [0.25, 0.3) is 10.9 Å². The Labute approximate surface area is 141 Å². The van der Waals surface area contributed by atoms with Crippen molar-refractivity contribution < 1.29 is 0 Å². The number of hydrogen-bond acceptors (Lipinski definition) is 4. The van der Waals surface area contributed by atoms with Gasteiger partial charge in [0.05, 0.1) is 16.8 Å². The number of nitrogens with one attached hydrogen (secondary N) is 1. The van der Waals surface area contributed by atoms with Gasteiger partial charge in [-0.15, -0.1) is 0 Å². The molecule has 5 heteroatoms.